The second-order valence-electron chi connectivity index (χ2n) is 5.57. The van der Waals surface area contributed by atoms with Crippen molar-refractivity contribution in [3.63, 3.8) is 0 Å². The van der Waals surface area contributed by atoms with Crippen LogP contribution in [0.5, 0.6) is 0 Å². The van der Waals surface area contributed by atoms with Gasteiger partial charge in [-0.25, -0.2) is 0 Å². The van der Waals surface area contributed by atoms with E-state index in [1.807, 2.05) is 7.05 Å². The van der Waals surface area contributed by atoms with Crippen LogP contribution < -0.4 is 15.1 Å². The second-order valence-corrected chi connectivity index (χ2v) is 5.57. The molecule has 6 heteroatoms. The number of nitrogens with zero attached hydrogens (tertiary/aromatic N) is 5. The molecular weight excluding hydrogens is 264 g/mol. The largest absolute Gasteiger partial charge is 0.357 e. The summed E-state index contributed by atoms with van der Waals surface area (Å²) in [6.07, 6.45) is 5.02. The third-order valence-corrected chi connectivity index (χ3v) is 4.19. The molecule has 0 aliphatic carbocycles. The predicted octanol–water partition coefficient (Wildman–Crippen LogP) is 2.53. The summed E-state index contributed by atoms with van der Waals surface area (Å²) in [7, 11) is 1.86. The lowest BCUT2D eigenvalue weighted by molar-refractivity contribution is 0.603. The van der Waals surface area contributed by atoms with Crippen molar-refractivity contribution in [3.05, 3.63) is 0 Å². The van der Waals surface area contributed by atoms with Gasteiger partial charge >= 0.3 is 0 Å². The molecule has 0 bridgehead atoms. The smallest absolute Gasteiger partial charge is 0.232 e. The lowest BCUT2D eigenvalue weighted by atomic mass is 10.1. The maximum Gasteiger partial charge on any atom is 0.232 e. The molecule has 0 saturated carbocycles. The first-order valence-electron chi connectivity index (χ1n) is 8.15. The van der Waals surface area contributed by atoms with Crippen molar-refractivity contribution in [2.75, 3.05) is 41.8 Å². The van der Waals surface area contributed by atoms with Gasteiger partial charge in [-0.15, -0.1) is 0 Å². The molecule has 1 atom stereocenters. The SMILES string of the molecule is CCN(CC)c1nc(NC)nc(N2CCCCCC2C)n1. The fraction of sp³-hybridized carbons (Fsp3) is 0.800. The number of anilines is 3. The van der Waals surface area contributed by atoms with Crippen molar-refractivity contribution < 1.29 is 0 Å². The average Bonchev–Trinajstić information content (AvgIpc) is 2.72. The Balaban J connectivity index is 2.34. The molecule has 1 aromatic heterocycles. The monoisotopic (exact) mass is 292 g/mol. The van der Waals surface area contributed by atoms with Crippen molar-refractivity contribution in [1.82, 2.24) is 15.0 Å². The van der Waals surface area contributed by atoms with Gasteiger partial charge in [0.2, 0.25) is 17.8 Å². The fourth-order valence-electron chi connectivity index (χ4n) is 2.81. The first-order chi connectivity index (χ1) is 10.2. The second kappa shape index (κ2) is 7.43. The molecule has 1 aliphatic rings. The molecule has 0 radical (unpaired) electrons. The highest BCUT2D eigenvalue weighted by Crippen LogP contribution is 2.23. The fourth-order valence-corrected chi connectivity index (χ4v) is 2.81. The summed E-state index contributed by atoms with van der Waals surface area (Å²) >= 11 is 0. The highest BCUT2D eigenvalue weighted by molar-refractivity contribution is 5.45. The van der Waals surface area contributed by atoms with Gasteiger partial charge in [-0.1, -0.05) is 12.8 Å². The lowest BCUT2D eigenvalue weighted by Gasteiger charge is -2.28. The lowest BCUT2D eigenvalue weighted by Crippen LogP contribution is -2.35. The van der Waals surface area contributed by atoms with E-state index in [1.165, 1.54) is 25.7 Å². The number of hydrogen-bond acceptors (Lipinski definition) is 6. The number of nitrogens with one attached hydrogen (secondary N) is 1. The minimum absolute atomic E-state index is 0.490. The van der Waals surface area contributed by atoms with Gasteiger partial charge in [0.25, 0.3) is 0 Å². The quantitative estimate of drug-likeness (QED) is 0.900. The Morgan fingerprint density at radius 1 is 1.14 bits per heavy atom. The van der Waals surface area contributed by atoms with Crippen LogP contribution in [0.2, 0.25) is 0 Å². The van der Waals surface area contributed by atoms with Gasteiger partial charge in [-0.05, 0) is 33.6 Å². The summed E-state index contributed by atoms with van der Waals surface area (Å²) in [5.74, 6) is 2.23. The Morgan fingerprint density at radius 3 is 2.57 bits per heavy atom. The third-order valence-electron chi connectivity index (χ3n) is 4.19. The Bertz CT molecular complexity index is 446. The van der Waals surface area contributed by atoms with E-state index < -0.39 is 0 Å². The zero-order valence-corrected chi connectivity index (χ0v) is 13.8. The molecule has 21 heavy (non-hydrogen) atoms. The van der Waals surface area contributed by atoms with Crippen LogP contribution in [0.15, 0.2) is 0 Å². The van der Waals surface area contributed by atoms with Crippen LogP contribution in [0, 0.1) is 0 Å². The number of aromatic nitrogens is 3. The van der Waals surface area contributed by atoms with Crippen LogP contribution in [0.4, 0.5) is 17.8 Å². The van der Waals surface area contributed by atoms with Crippen molar-refractivity contribution in [2.24, 2.45) is 0 Å². The molecule has 0 amide bonds. The topological polar surface area (TPSA) is 57.2 Å². The van der Waals surface area contributed by atoms with E-state index in [0.717, 1.165) is 31.5 Å². The summed E-state index contributed by atoms with van der Waals surface area (Å²) < 4.78 is 0. The molecule has 1 fully saturated rings. The Kier molecular flexibility index (Phi) is 5.59. The summed E-state index contributed by atoms with van der Waals surface area (Å²) in [6.45, 7) is 9.36. The molecule has 2 rings (SSSR count). The minimum Gasteiger partial charge on any atom is -0.357 e. The van der Waals surface area contributed by atoms with Crippen LogP contribution in [-0.2, 0) is 0 Å². The van der Waals surface area contributed by atoms with Crippen molar-refractivity contribution in [2.45, 2.75) is 52.5 Å². The van der Waals surface area contributed by atoms with Gasteiger partial charge in [0.1, 0.15) is 0 Å². The van der Waals surface area contributed by atoms with E-state index in [1.54, 1.807) is 0 Å². The summed E-state index contributed by atoms with van der Waals surface area (Å²) in [5, 5.41) is 3.06. The van der Waals surface area contributed by atoms with Crippen molar-refractivity contribution in [3.8, 4) is 0 Å². The molecule has 118 valence electrons. The maximum absolute atomic E-state index is 4.73. The number of rotatable bonds is 5. The first-order valence-corrected chi connectivity index (χ1v) is 8.15. The van der Waals surface area contributed by atoms with Crippen LogP contribution >= 0.6 is 0 Å². The molecule has 1 aromatic rings. The molecule has 6 nitrogen and oxygen atoms in total. The van der Waals surface area contributed by atoms with Gasteiger partial charge in [-0.2, -0.15) is 15.0 Å². The highest BCUT2D eigenvalue weighted by Gasteiger charge is 2.21. The first kappa shape index (κ1) is 15.8. The van der Waals surface area contributed by atoms with E-state index >= 15 is 0 Å². The van der Waals surface area contributed by atoms with E-state index in [9.17, 15) is 0 Å². The molecule has 1 unspecified atom stereocenters. The van der Waals surface area contributed by atoms with Gasteiger partial charge in [0.05, 0.1) is 0 Å². The maximum atomic E-state index is 4.73. The van der Waals surface area contributed by atoms with Gasteiger partial charge in [0, 0.05) is 32.7 Å². The standard InChI is InChI=1S/C15H28N6/c1-5-20(6-2)14-17-13(16-4)18-15(19-14)21-11-9-7-8-10-12(21)3/h12H,5-11H2,1-4H3,(H,16,17,18,19). The van der Waals surface area contributed by atoms with Crippen LogP contribution in [-0.4, -0.2) is 47.7 Å². The van der Waals surface area contributed by atoms with Gasteiger partial charge in [0.15, 0.2) is 0 Å². The van der Waals surface area contributed by atoms with E-state index in [2.05, 4.69) is 45.9 Å². The Morgan fingerprint density at radius 2 is 1.90 bits per heavy atom. The van der Waals surface area contributed by atoms with Crippen LogP contribution in [0.25, 0.3) is 0 Å². The predicted molar refractivity (Wildman–Crippen MR) is 88.2 cm³/mol. The average molecular weight is 292 g/mol. The summed E-state index contributed by atoms with van der Waals surface area (Å²) in [5.41, 5.74) is 0. The number of hydrogen-bond donors (Lipinski definition) is 1. The zero-order valence-electron chi connectivity index (χ0n) is 13.8. The van der Waals surface area contributed by atoms with E-state index in [-0.39, 0.29) is 0 Å². The molecule has 1 aliphatic heterocycles. The van der Waals surface area contributed by atoms with Gasteiger partial charge < -0.3 is 15.1 Å². The Hall–Kier alpha value is -1.59. The normalized spacial score (nSPS) is 19.2. The molecule has 2 heterocycles. The van der Waals surface area contributed by atoms with E-state index in [0.29, 0.717) is 12.0 Å². The molecule has 1 saturated heterocycles. The third kappa shape index (κ3) is 3.74. The zero-order chi connectivity index (χ0) is 15.2. The molecule has 0 spiro atoms. The summed E-state index contributed by atoms with van der Waals surface area (Å²) in [4.78, 5) is 18.3. The molecule has 1 N–H and O–H groups in total. The van der Waals surface area contributed by atoms with E-state index in [4.69, 9.17) is 4.98 Å². The Labute approximate surface area is 128 Å². The highest BCUT2D eigenvalue weighted by atomic mass is 15.4. The van der Waals surface area contributed by atoms with Crippen LogP contribution in [0.3, 0.4) is 0 Å². The minimum atomic E-state index is 0.490. The molecule has 0 aromatic carbocycles. The van der Waals surface area contributed by atoms with Crippen LogP contribution in [0.1, 0.15) is 46.5 Å². The van der Waals surface area contributed by atoms with Crippen molar-refractivity contribution in [1.29, 1.82) is 0 Å². The van der Waals surface area contributed by atoms with Gasteiger partial charge in [-0.3, -0.25) is 0 Å². The summed E-state index contributed by atoms with van der Waals surface area (Å²) in [6, 6.07) is 0.490. The van der Waals surface area contributed by atoms with Crippen molar-refractivity contribution >= 4 is 17.8 Å². The molecular formula is C15H28N6.